The van der Waals surface area contributed by atoms with Crippen LogP contribution in [-0.2, 0) is 4.74 Å². The number of oxazole rings is 1. The standard InChI is InChI=1S/C11H11NO4/c1-3-15-11(14)10-12-8-7(16-10)5-4-6(2)9(8)13/h4-5,13H,3H2,1-2H3. The lowest BCUT2D eigenvalue weighted by atomic mass is 10.2. The maximum atomic E-state index is 11.4. The zero-order valence-electron chi connectivity index (χ0n) is 8.98. The number of fused-ring (bicyclic) bond motifs is 1. The van der Waals surface area contributed by atoms with E-state index < -0.39 is 5.97 Å². The van der Waals surface area contributed by atoms with E-state index in [0.29, 0.717) is 11.1 Å². The molecular formula is C11H11NO4. The maximum Gasteiger partial charge on any atom is 0.394 e. The van der Waals surface area contributed by atoms with Crippen molar-refractivity contribution in [1.82, 2.24) is 4.98 Å². The first-order valence-corrected chi connectivity index (χ1v) is 4.89. The molecule has 0 radical (unpaired) electrons. The first kappa shape index (κ1) is 10.5. The number of hydrogen-bond acceptors (Lipinski definition) is 5. The van der Waals surface area contributed by atoms with Crippen LogP contribution < -0.4 is 0 Å². The SMILES string of the molecule is CCOC(=O)c1nc2c(O)c(C)ccc2o1. The molecule has 2 aromatic rings. The van der Waals surface area contributed by atoms with Gasteiger partial charge >= 0.3 is 11.9 Å². The van der Waals surface area contributed by atoms with Crippen LogP contribution >= 0.6 is 0 Å². The number of carbonyl (C=O) groups is 1. The van der Waals surface area contributed by atoms with Gasteiger partial charge in [0.15, 0.2) is 11.1 Å². The average molecular weight is 221 g/mol. The minimum Gasteiger partial charge on any atom is -0.505 e. The number of esters is 1. The van der Waals surface area contributed by atoms with Crippen LogP contribution in [0.25, 0.3) is 11.1 Å². The normalized spacial score (nSPS) is 10.6. The molecule has 1 heterocycles. The molecule has 84 valence electrons. The van der Waals surface area contributed by atoms with Gasteiger partial charge in [-0.2, -0.15) is 4.98 Å². The summed E-state index contributed by atoms with van der Waals surface area (Å²) < 4.78 is 9.92. The lowest BCUT2D eigenvalue weighted by molar-refractivity contribution is 0.0483. The Labute approximate surface area is 91.7 Å². The van der Waals surface area contributed by atoms with E-state index in [4.69, 9.17) is 9.15 Å². The minimum atomic E-state index is -0.629. The van der Waals surface area contributed by atoms with Gasteiger partial charge in [-0.1, -0.05) is 6.07 Å². The second-order valence-electron chi connectivity index (χ2n) is 3.32. The van der Waals surface area contributed by atoms with Gasteiger partial charge in [0, 0.05) is 0 Å². The molecule has 0 amide bonds. The summed E-state index contributed by atoms with van der Waals surface area (Å²) >= 11 is 0. The number of aromatic hydroxyl groups is 1. The summed E-state index contributed by atoms with van der Waals surface area (Å²) in [5.41, 5.74) is 1.32. The van der Waals surface area contributed by atoms with Gasteiger partial charge in [0.25, 0.3) is 0 Å². The van der Waals surface area contributed by atoms with Crippen LogP contribution in [0.5, 0.6) is 5.75 Å². The van der Waals surface area contributed by atoms with E-state index in [9.17, 15) is 9.90 Å². The number of hydrogen-bond donors (Lipinski definition) is 1. The third-order valence-corrected chi connectivity index (χ3v) is 2.19. The highest BCUT2D eigenvalue weighted by molar-refractivity contribution is 5.90. The van der Waals surface area contributed by atoms with Crippen molar-refractivity contribution in [2.75, 3.05) is 6.61 Å². The summed E-state index contributed by atoms with van der Waals surface area (Å²) in [5.74, 6) is -0.745. The Balaban J connectivity index is 2.52. The molecule has 0 aliphatic carbocycles. The molecule has 16 heavy (non-hydrogen) atoms. The fourth-order valence-corrected chi connectivity index (χ4v) is 1.36. The molecule has 0 aliphatic rings. The van der Waals surface area contributed by atoms with Crippen LogP contribution in [0.4, 0.5) is 0 Å². The van der Waals surface area contributed by atoms with Crippen molar-refractivity contribution >= 4 is 17.1 Å². The largest absolute Gasteiger partial charge is 0.505 e. The molecule has 0 bridgehead atoms. The summed E-state index contributed by atoms with van der Waals surface area (Å²) in [6.07, 6.45) is 0. The Morgan fingerprint density at radius 1 is 1.56 bits per heavy atom. The lowest BCUT2D eigenvalue weighted by Crippen LogP contribution is -2.04. The zero-order valence-corrected chi connectivity index (χ0v) is 8.98. The van der Waals surface area contributed by atoms with E-state index in [1.54, 1.807) is 26.0 Å². The number of carbonyl (C=O) groups excluding carboxylic acids is 1. The van der Waals surface area contributed by atoms with Crippen molar-refractivity contribution in [1.29, 1.82) is 0 Å². The first-order valence-electron chi connectivity index (χ1n) is 4.89. The van der Waals surface area contributed by atoms with Gasteiger partial charge in [0.1, 0.15) is 5.75 Å². The number of phenols is 1. The van der Waals surface area contributed by atoms with Gasteiger partial charge in [-0.15, -0.1) is 0 Å². The van der Waals surface area contributed by atoms with Crippen molar-refractivity contribution in [3.63, 3.8) is 0 Å². The number of ether oxygens (including phenoxy) is 1. The number of benzene rings is 1. The fraction of sp³-hybridized carbons (Fsp3) is 0.273. The molecule has 1 aromatic heterocycles. The van der Waals surface area contributed by atoms with E-state index in [1.165, 1.54) is 0 Å². The molecule has 5 heteroatoms. The molecule has 0 fully saturated rings. The topological polar surface area (TPSA) is 72.6 Å². The summed E-state index contributed by atoms with van der Waals surface area (Å²) in [4.78, 5) is 15.3. The highest BCUT2D eigenvalue weighted by Crippen LogP contribution is 2.28. The first-order chi connectivity index (χ1) is 7.63. The van der Waals surface area contributed by atoms with Gasteiger partial charge in [0.2, 0.25) is 0 Å². The lowest BCUT2D eigenvalue weighted by Gasteiger charge is -1.95. The molecule has 0 unspecified atom stereocenters. The Hall–Kier alpha value is -2.04. The second-order valence-corrected chi connectivity index (χ2v) is 3.32. The second kappa shape index (κ2) is 3.84. The number of rotatable bonds is 2. The van der Waals surface area contributed by atoms with Crippen LogP contribution in [0.1, 0.15) is 23.2 Å². The summed E-state index contributed by atoms with van der Waals surface area (Å²) in [6, 6.07) is 3.35. The molecule has 1 N–H and O–H groups in total. The van der Waals surface area contributed by atoms with Crippen molar-refractivity contribution < 1.29 is 19.1 Å². The predicted molar refractivity (Wildman–Crippen MR) is 56.4 cm³/mol. The van der Waals surface area contributed by atoms with Crippen LogP contribution in [0, 0.1) is 6.92 Å². The molecule has 5 nitrogen and oxygen atoms in total. The third kappa shape index (κ3) is 1.60. The van der Waals surface area contributed by atoms with Crippen molar-refractivity contribution in [2.24, 2.45) is 0 Å². The predicted octanol–water partition coefficient (Wildman–Crippen LogP) is 2.02. The monoisotopic (exact) mass is 221 g/mol. The maximum absolute atomic E-state index is 11.4. The van der Waals surface area contributed by atoms with Gasteiger partial charge in [-0.3, -0.25) is 0 Å². The van der Waals surface area contributed by atoms with Gasteiger partial charge < -0.3 is 14.3 Å². The molecule has 1 aromatic carbocycles. The zero-order chi connectivity index (χ0) is 11.7. The summed E-state index contributed by atoms with van der Waals surface area (Å²) in [7, 11) is 0. The van der Waals surface area contributed by atoms with Crippen LogP contribution in [-0.4, -0.2) is 22.7 Å². The molecule has 0 saturated heterocycles. The van der Waals surface area contributed by atoms with E-state index >= 15 is 0 Å². The van der Waals surface area contributed by atoms with E-state index in [1.807, 2.05) is 0 Å². The van der Waals surface area contributed by atoms with E-state index in [2.05, 4.69) is 4.98 Å². The fourth-order valence-electron chi connectivity index (χ4n) is 1.36. The van der Waals surface area contributed by atoms with Crippen LogP contribution in [0.2, 0.25) is 0 Å². The number of aryl methyl sites for hydroxylation is 1. The quantitative estimate of drug-likeness (QED) is 0.785. The molecule has 0 saturated carbocycles. The van der Waals surface area contributed by atoms with Gasteiger partial charge in [-0.25, -0.2) is 4.79 Å². The highest BCUT2D eigenvalue weighted by atomic mass is 16.5. The van der Waals surface area contributed by atoms with Gasteiger partial charge in [0.05, 0.1) is 6.61 Å². The minimum absolute atomic E-state index is 0.0248. The van der Waals surface area contributed by atoms with E-state index in [0.717, 1.165) is 0 Å². The molecule has 0 aliphatic heterocycles. The van der Waals surface area contributed by atoms with Crippen molar-refractivity contribution in [2.45, 2.75) is 13.8 Å². The van der Waals surface area contributed by atoms with E-state index in [-0.39, 0.29) is 23.8 Å². The average Bonchev–Trinajstić information content (AvgIpc) is 2.69. The van der Waals surface area contributed by atoms with Crippen LogP contribution in [0.3, 0.4) is 0 Å². The smallest absolute Gasteiger partial charge is 0.394 e. The number of aromatic nitrogens is 1. The third-order valence-electron chi connectivity index (χ3n) is 2.19. The van der Waals surface area contributed by atoms with Crippen molar-refractivity contribution in [3.8, 4) is 5.75 Å². The number of phenolic OH excluding ortho intramolecular Hbond substituents is 1. The Morgan fingerprint density at radius 2 is 2.31 bits per heavy atom. The number of nitrogens with zero attached hydrogens (tertiary/aromatic N) is 1. The molecule has 0 atom stereocenters. The molecular weight excluding hydrogens is 210 g/mol. The summed E-state index contributed by atoms with van der Waals surface area (Å²) in [5, 5.41) is 9.71. The Bertz CT molecular complexity index is 544. The van der Waals surface area contributed by atoms with Gasteiger partial charge in [-0.05, 0) is 25.5 Å². The van der Waals surface area contributed by atoms with Crippen molar-refractivity contribution in [3.05, 3.63) is 23.6 Å². The van der Waals surface area contributed by atoms with Crippen LogP contribution in [0.15, 0.2) is 16.5 Å². The Morgan fingerprint density at radius 3 is 3.00 bits per heavy atom. The molecule has 0 spiro atoms. The molecule has 2 rings (SSSR count). The highest BCUT2D eigenvalue weighted by Gasteiger charge is 2.17. The Kier molecular flexibility index (Phi) is 2.52. The summed E-state index contributed by atoms with van der Waals surface area (Å²) in [6.45, 7) is 3.69.